The van der Waals surface area contributed by atoms with Crippen LogP contribution in [0.2, 0.25) is 0 Å². The lowest BCUT2D eigenvalue weighted by atomic mass is 10.1. The Hall–Kier alpha value is -1.92. The van der Waals surface area contributed by atoms with Gasteiger partial charge in [0, 0.05) is 11.2 Å². The van der Waals surface area contributed by atoms with Gasteiger partial charge in [-0.15, -0.1) is 9.24 Å². The van der Waals surface area contributed by atoms with E-state index in [1.807, 2.05) is 61.5 Å². The summed E-state index contributed by atoms with van der Waals surface area (Å²) in [5.41, 5.74) is 1.64. The number of benzene rings is 2. The van der Waals surface area contributed by atoms with Crippen molar-refractivity contribution in [3.63, 3.8) is 0 Å². The molecule has 102 valence electrons. The van der Waals surface area contributed by atoms with E-state index < -0.39 is 0 Å². The van der Waals surface area contributed by atoms with Crippen LogP contribution in [0.1, 0.15) is 12.5 Å². The van der Waals surface area contributed by atoms with Crippen LogP contribution in [-0.4, -0.2) is 11.6 Å². The molecule has 2 atom stereocenters. The van der Waals surface area contributed by atoms with E-state index in [4.69, 9.17) is 4.74 Å². The molecule has 2 rings (SSSR count). The molecule has 0 aliphatic carbocycles. The summed E-state index contributed by atoms with van der Waals surface area (Å²) in [5, 5.41) is 0. The monoisotopic (exact) mass is 284 g/mol. The van der Waals surface area contributed by atoms with Gasteiger partial charge >= 0.3 is 5.97 Å². The first-order valence-electron chi connectivity index (χ1n) is 6.46. The van der Waals surface area contributed by atoms with Crippen molar-refractivity contribution in [3.8, 4) is 5.75 Å². The smallest absolute Gasteiger partial charge is 0.340 e. The van der Waals surface area contributed by atoms with Crippen molar-refractivity contribution >= 4 is 21.3 Å². The highest BCUT2D eigenvalue weighted by molar-refractivity contribution is 7.18. The molecule has 0 aromatic heterocycles. The summed E-state index contributed by atoms with van der Waals surface area (Å²) in [6.45, 7) is 1.95. The maximum atomic E-state index is 12.3. The van der Waals surface area contributed by atoms with Crippen LogP contribution in [0, 0.1) is 0 Å². The maximum Gasteiger partial charge on any atom is 0.340 e. The minimum atomic E-state index is -0.317. The first-order valence-corrected chi connectivity index (χ1v) is 7.13. The fourth-order valence-corrected chi connectivity index (χ4v) is 1.99. The van der Waals surface area contributed by atoms with Gasteiger partial charge in [0.25, 0.3) is 0 Å². The zero-order valence-electron chi connectivity index (χ0n) is 11.3. The molecule has 0 spiro atoms. The quantitative estimate of drug-likeness (QED) is 0.368. The molecule has 0 bridgehead atoms. The predicted octanol–water partition coefficient (Wildman–Crippen LogP) is 3.94. The van der Waals surface area contributed by atoms with E-state index in [1.54, 1.807) is 12.1 Å². The minimum absolute atomic E-state index is 0.0198. The zero-order chi connectivity index (χ0) is 14.4. The standard InChI is InChI=1S/C17H17O2P/c1-13(20)16(12-14-8-4-2-5-9-14)17(18)19-15-10-6-3-7-11-15/h2-13H,20H2,1H3. The molecule has 0 fully saturated rings. The summed E-state index contributed by atoms with van der Waals surface area (Å²) >= 11 is 0. The van der Waals surface area contributed by atoms with Crippen LogP contribution < -0.4 is 4.74 Å². The van der Waals surface area contributed by atoms with Gasteiger partial charge in [0.2, 0.25) is 0 Å². The van der Waals surface area contributed by atoms with Crippen LogP contribution in [0.25, 0.3) is 6.08 Å². The molecule has 0 aliphatic rings. The van der Waals surface area contributed by atoms with Crippen LogP contribution >= 0.6 is 9.24 Å². The first-order chi connectivity index (χ1) is 9.66. The number of rotatable bonds is 4. The van der Waals surface area contributed by atoms with Gasteiger partial charge in [0.1, 0.15) is 5.75 Å². The van der Waals surface area contributed by atoms with E-state index in [0.29, 0.717) is 11.3 Å². The normalized spacial score (nSPS) is 12.8. The number of esters is 1. The minimum Gasteiger partial charge on any atom is -0.423 e. The number of hydrogen-bond donors (Lipinski definition) is 0. The Morgan fingerprint density at radius 2 is 1.60 bits per heavy atom. The summed E-state index contributed by atoms with van der Waals surface area (Å²) in [7, 11) is 2.63. The highest BCUT2D eigenvalue weighted by Gasteiger charge is 2.16. The number of ether oxygens (including phenoxy) is 1. The third-order valence-corrected chi connectivity index (χ3v) is 3.16. The van der Waals surface area contributed by atoms with Gasteiger partial charge in [-0.3, -0.25) is 0 Å². The molecule has 2 aromatic carbocycles. The van der Waals surface area contributed by atoms with Crippen molar-refractivity contribution in [2.45, 2.75) is 12.6 Å². The third kappa shape index (κ3) is 4.04. The molecule has 2 unspecified atom stereocenters. The van der Waals surface area contributed by atoms with Gasteiger partial charge < -0.3 is 4.74 Å². The largest absolute Gasteiger partial charge is 0.423 e. The van der Waals surface area contributed by atoms with E-state index in [9.17, 15) is 4.79 Å². The lowest BCUT2D eigenvalue weighted by molar-refractivity contribution is -0.130. The lowest BCUT2D eigenvalue weighted by Crippen LogP contribution is -2.16. The van der Waals surface area contributed by atoms with Crippen molar-refractivity contribution in [1.82, 2.24) is 0 Å². The van der Waals surface area contributed by atoms with Crippen LogP contribution in [0.3, 0.4) is 0 Å². The molecule has 0 saturated carbocycles. The Labute approximate surface area is 121 Å². The molecular weight excluding hydrogens is 267 g/mol. The van der Waals surface area contributed by atoms with Crippen molar-refractivity contribution in [2.24, 2.45) is 0 Å². The average Bonchev–Trinajstić information content (AvgIpc) is 2.46. The maximum absolute atomic E-state index is 12.3. The SMILES string of the molecule is CC(P)C(=Cc1ccccc1)C(=O)Oc1ccccc1. The summed E-state index contributed by atoms with van der Waals surface area (Å²) < 4.78 is 5.39. The first kappa shape index (κ1) is 14.5. The second kappa shape index (κ2) is 7.02. The molecule has 0 aliphatic heterocycles. The Morgan fingerprint density at radius 1 is 1.05 bits per heavy atom. The molecule has 0 N–H and O–H groups in total. The molecule has 0 saturated heterocycles. The van der Waals surface area contributed by atoms with E-state index in [1.165, 1.54) is 0 Å². The topological polar surface area (TPSA) is 26.3 Å². The van der Waals surface area contributed by atoms with Gasteiger partial charge in [0.05, 0.1) is 0 Å². The third-order valence-electron chi connectivity index (χ3n) is 2.80. The zero-order valence-corrected chi connectivity index (χ0v) is 12.5. The molecular formula is C17H17O2P. The number of para-hydroxylation sites is 1. The van der Waals surface area contributed by atoms with E-state index >= 15 is 0 Å². The second-order valence-electron chi connectivity index (χ2n) is 4.50. The van der Waals surface area contributed by atoms with Crippen molar-refractivity contribution in [1.29, 1.82) is 0 Å². The Morgan fingerprint density at radius 3 is 2.15 bits per heavy atom. The Kier molecular flexibility index (Phi) is 5.09. The molecule has 0 radical (unpaired) electrons. The molecule has 20 heavy (non-hydrogen) atoms. The van der Waals surface area contributed by atoms with E-state index in [0.717, 1.165) is 5.56 Å². The highest BCUT2D eigenvalue weighted by Crippen LogP contribution is 2.19. The van der Waals surface area contributed by atoms with Crippen LogP contribution in [0.15, 0.2) is 66.2 Å². The summed E-state index contributed by atoms with van der Waals surface area (Å²) in [5.74, 6) is 0.240. The van der Waals surface area contributed by atoms with Gasteiger partial charge in [-0.1, -0.05) is 55.5 Å². The fourth-order valence-electron chi connectivity index (χ4n) is 1.76. The van der Waals surface area contributed by atoms with Crippen LogP contribution in [-0.2, 0) is 4.79 Å². The van der Waals surface area contributed by atoms with Crippen LogP contribution in [0.5, 0.6) is 5.75 Å². The van der Waals surface area contributed by atoms with E-state index in [-0.39, 0.29) is 11.6 Å². The van der Waals surface area contributed by atoms with Crippen molar-refractivity contribution in [2.75, 3.05) is 0 Å². The Bertz CT molecular complexity index is 589. The van der Waals surface area contributed by atoms with Crippen molar-refractivity contribution in [3.05, 3.63) is 71.8 Å². The number of carbonyl (C=O) groups excluding carboxylic acids is 1. The van der Waals surface area contributed by atoms with E-state index in [2.05, 4.69) is 9.24 Å². The average molecular weight is 284 g/mol. The highest BCUT2D eigenvalue weighted by atomic mass is 31.0. The molecule has 0 heterocycles. The van der Waals surface area contributed by atoms with Crippen LogP contribution in [0.4, 0.5) is 0 Å². The predicted molar refractivity (Wildman–Crippen MR) is 85.7 cm³/mol. The summed E-state index contributed by atoms with van der Waals surface area (Å²) in [4.78, 5) is 12.3. The summed E-state index contributed by atoms with van der Waals surface area (Å²) in [6, 6.07) is 18.9. The number of carbonyl (C=O) groups is 1. The summed E-state index contributed by atoms with van der Waals surface area (Å²) in [6.07, 6.45) is 1.86. The van der Waals surface area contributed by atoms with Gasteiger partial charge in [0.15, 0.2) is 0 Å². The fraction of sp³-hybridized carbons (Fsp3) is 0.118. The lowest BCUT2D eigenvalue weighted by Gasteiger charge is -2.11. The van der Waals surface area contributed by atoms with Gasteiger partial charge in [-0.2, -0.15) is 0 Å². The molecule has 2 nitrogen and oxygen atoms in total. The van der Waals surface area contributed by atoms with Crippen molar-refractivity contribution < 1.29 is 9.53 Å². The Balaban J connectivity index is 2.21. The van der Waals surface area contributed by atoms with Gasteiger partial charge in [-0.25, -0.2) is 4.79 Å². The molecule has 3 heteroatoms. The number of hydrogen-bond acceptors (Lipinski definition) is 2. The molecule has 2 aromatic rings. The molecule has 0 amide bonds. The van der Waals surface area contributed by atoms with Gasteiger partial charge in [-0.05, 0) is 23.8 Å². The second-order valence-corrected chi connectivity index (χ2v) is 5.50.